The highest BCUT2D eigenvalue weighted by Crippen LogP contribution is 2.46. The molecule has 2 atom stereocenters. The van der Waals surface area contributed by atoms with E-state index in [-0.39, 0.29) is 5.41 Å². The molecule has 1 N–H and O–H groups in total. The molecule has 0 saturated heterocycles. The normalized spacial score (nSPS) is 30.9. The quantitative estimate of drug-likeness (QED) is 0.864. The fraction of sp³-hybridized carbons (Fsp3) is 0.625. The zero-order chi connectivity index (χ0) is 12.6. The Morgan fingerprint density at radius 3 is 3.06 bits per heavy atom. The minimum Gasteiger partial charge on any atom is -0.493 e. The van der Waals surface area contributed by atoms with E-state index in [4.69, 9.17) is 4.74 Å². The Hall–Kier alpha value is -1.02. The first-order valence-corrected chi connectivity index (χ1v) is 7.15. The number of hydrogen-bond donors (Lipinski definition) is 1. The van der Waals surface area contributed by atoms with E-state index in [9.17, 15) is 0 Å². The summed E-state index contributed by atoms with van der Waals surface area (Å²) in [7, 11) is 2.08. The summed E-state index contributed by atoms with van der Waals surface area (Å²) in [6.45, 7) is 3.29. The molecule has 2 nitrogen and oxygen atoms in total. The van der Waals surface area contributed by atoms with E-state index >= 15 is 0 Å². The largest absolute Gasteiger partial charge is 0.493 e. The summed E-state index contributed by atoms with van der Waals surface area (Å²) in [5.41, 5.74) is 3.14. The van der Waals surface area contributed by atoms with Crippen molar-refractivity contribution in [1.29, 1.82) is 0 Å². The Labute approximate surface area is 110 Å². The molecule has 1 saturated carbocycles. The Kier molecular flexibility index (Phi) is 3.06. The monoisotopic (exact) mass is 245 g/mol. The van der Waals surface area contributed by atoms with Crippen LogP contribution in [0, 0.1) is 0 Å². The summed E-state index contributed by atoms with van der Waals surface area (Å²) >= 11 is 0. The van der Waals surface area contributed by atoms with Gasteiger partial charge in [-0.15, -0.1) is 0 Å². The maximum atomic E-state index is 5.98. The van der Waals surface area contributed by atoms with Crippen LogP contribution < -0.4 is 10.1 Å². The van der Waals surface area contributed by atoms with Gasteiger partial charge in [0.15, 0.2) is 0 Å². The maximum Gasteiger partial charge on any atom is 0.126 e. The zero-order valence-electron chi connectivity index (χ0n) is 11.5. The van der Waals surface area contributed by atoms with Crippen LogP contribution in [0.3, 0.4) is 0 Å². The average Bonchev–Trinajstić information content (AvgIpc) is 2.81. The van der Waals surface area contributed by atoms with E-state index in [1.165, 1.54) is 42.6 Å². The lowest BCUT2D eigenvalue weighted by Crippen LogP contribution is -2.26. The number of fused-ring (bicyclic) bond motifs is 1. The topological polar surface area (TPSA) is 21.3 Å². The molecule has 0 bridgehead atoms. The third-order valence-corrected chi connectivity index (χ3v) is 4.73. The van der Waals surface area contributed by atoms with Crippen LogP contribution >= 0.6 is 0 Å². The van der Waals surface area contributed by atoms with Crippen molar-refractivity contribution in [2.24, 2.45) is 0 Å². The van der Waals surface area contributed by atoms with Crippen LogP contribution in [0.2, 0.25) is 0 Å². The third-order valence-electron chi connectivity index (χ3n) is 4.73. The van der Waals surface area contributed by atoms with Crippen molar-refractivity contribution in [1.82, 2.24) is 5.32 Å². The van der Waals surface area contributed by atoms with Crippen LogP contribution in [-0.2, 0) is 11.8 Å². The van der Waals surface area contributed by atoms with Crippen LogP contribution in [0.15, 0.2) is 18.2 Å². The third kappa shape index (κ3) is 1.93. The second-order valence-corrected chi connectivity index (χ2v) is 6.03. The summed E-state index contributed by atoms with van der Waals surface area (Å²) in [4.78, 5) is 0. The predicted octanol–water partition coefficient (Wildman–Crippen LogP) is 3.04. The van der Waals surface area contributed by atoms with Crippen molar-refractivity contribution in [3.05, 3.63) is 29.3 Å². The van der Waals surface area contributed by atoms with Gasteiger partial charge in [-0.1, -0.05) is 25.1 Å². The second kappa shape index (κ2) is 4.58. The fourth-order valence-electron chi connectivity index (χ4n) is 3.60. The van der Waals surface area contributed by atoms with Crippen molar-refractivity contribution >= 4 is 0 Å². The molecule has 2 unspecified atom stereocenters. The summed E-state index contributed by atoms with van der Waals surface area (Å²) in [5.74, 6) is 1.20. The van der Waals surface area contributed by atoms with Gasteiger partial charge in [0.2, 0.25) is 0 Å². The number of rotatable bonds is 2. The van der Waals surface area contributed by atoms with Crippen LogP contribution in [0.25, 0.3) is 0 Å². The van der Waals surface area contributed by atoms with E-state index in [0.717, 1.165) is 13.0 Å². The minimum absolute atomic E-state index is 0.288. The molecule has 0 amide bonds. The summed E-state index contributed by atoms with van der Waals surface area (Å²) in [5, 5.41) is 3.43. The Bertz CT molecular complexity index is 443. The Morgan fingerprint density at radius 1 is 1.39 bits per heavy atom. The molecule has 0 radical (unpaired) electrons. The number of nitrogens with one attached hydrogen (secondary N) is 1. The molecule has 0 aromatic heterocycles. The van der Waals surface area contributed by atoms with E-state index in [0.29, 0.717) is 6.04 Å². The van der Waals surface area contributed by atoms with Gasteiger partial charge >= 0.3 is 0 Å². The van der Waals surface area contributed by atoms with Gasteiger partial charge in [-0.2, -0.15) is 0 Å². The van der Waals surface area contributed by atoms with Gasteiger partial charge in [0, 0.05) is 11.6 Å². The van der Waals surface area contributed by atoms with Gasteiger partial charge in [-0.25, -0.2) is 0 Å². The molecule has 3 rings (SSSR count). The molecule has 1 aliphatic heterocycles. The number of para-hydroxylation sites is 1. The lowest BCUT2D eigenvalue weighted by molar-refractivity contribution is 0.277. The molecule has 2 heteroatoms. The standard InChI is InChI=1S/C16H23NO/c1-16(9-8-13(11-16)17-2)14-7-3-5-12-6-4-10-18-15(12)14/h3,5,7,13,17H,4,6,8-11H2,1-2H3. The molecule has 1 heterocycles. The molecule has 1 aliphatic carbocycles. The molecule has 1 fully saturated rings. The van der Waals surface area contributed by atoms with Gasteiger partial charge in [0.25, 0.3) is 0 Å². The Balaban J connectivity index is 1.97. The molecule has 1 aromatic carbocycles. The number of benzene rings is 1. The molecular formula is C16H23NO. The van der Waals surface area contributed by atoms with E-state index < -0.39 is 0 Å². The Morgan fingerprint density at radius 2 is 2.28 bits per heavy atom. The molecule has 0 spiro atoms. The van der Waals surface area contributed by atoms with Crippen molar-refractivity contribution in [2.45, 2.75) is 50.5 Å². The highest BCUT2D eigenvalue weighted by Gasteiger charge is 2.38. The maximum absolute atomic E-state index is 5.98. The fourth-order valence-corrected chi connectivity index (χ4v) is 3.60. The lowest BCUT2D eigenvalue weighted by Gasteiger charge is -2.30. The lowest BCUT2D eigenvalue weighted by atomic mass is 9.79. The highest BCUT2D eigenvalue weighted by atomic mass is 16.5. The van der Waals surface area contributed by atoms with E-state index in [1.807, 2.05) is 0 Å². The first kappa shape index (κ1) is 12.0. The van der Waals surface area contributed by atoms with Gasteiger partial charge in [0.1, 0.15) is 5.75 Å². The van der Waals surface area contributed by atoms with Crippen LogP contribution in [0.4, 0.5) is 0 Å². The van der Waals surface area contributed by atoms with E-state index in [2.05, 4.69) is 37.5 Å². The molecule has 18 heavy (non-hydrogen) atoms. The van der Waals surface area contributed by atoms with Crippen molar-refractivity contribution < 1.29 is 4.74 Å². The van der Waals surface area contributed by atoms with E-state index in [1.54, 1.807) is 0 Å². The smallest absolute Gasteiger partial charge is 0.126 e. The summed E-state index contributed by atoms with van der Waals surface area (Å²) in [6.07, 6.45) is 6.10. The van der Waals surface area contributed by atoms with Crippen molar-refractivity contribution in [2.75, 3.05) is 13.7 Å². The number of hydrogen-bond acceptors (Lipinski definition) is 2. The van der Waals surface area contributed by atoms with Crippen LogP contribution in [0.5, 0.6) is 5.75 Å². The number of aryl methyl sites for hydroxylation is 1. The minimum atomic E-state index is 0.288. The van der Waals surface area contributed by atoms with Crippen LogP contribution in [0.1, 0.15) is 43.7 Å². The molecule has 2 aliphatic rings. The van der Waals surface area contributed by atoms with Gasteiger partial charge in [-0.05, 0) is 50.1 Å². The van der Waals surface area contributed by atoms with Crippen LogP contribution in [-0.4, -0.2) is 19.7 Å². The highest BCUT2D eigenvalue weighted by molar-refractivity contribution is 5.47. The SMILES string of the molecule is CNC1CCC(C)(c2cccc3c2OCCC3)C1. The summed E-state index contributed by atoms with van der Waals surface area (Å²) < 4.78 is 5.98. The predicted molar refractivity (Wildman–Crippen MR) is 74.3 cm³/mol. The first-order chi connectivity index (χ1) is 8.73. The number of ether oxygens (including phenoxy) is 1. The van der Waals surface area contributed by atoms with Crippen molar-refractivity contribution in [3.63, 3.8) is 0 Å². The summed E-state index contributed by atoms with van der Waals surface area (Å²) in [6, 6.07) is 7.38. The van der Waals surface area contributed by atoms with Gasteiger partial charge in [0.05, 0.1) is 6.61 Å². The molecule has 1 aromatic rings. The average molecular weight is 245 g/mol. The second-order valence-electron chi connectivity index (χ2n) is 6.03. The zero-order valence-corrected chi connectivity index (χ0v) is 11.5. The van der Waals surface area contributed by atoms with Gasteiger partial charge < -0.3 is 10.1 Å². The molecule has 98 valence electrons. The van der Waals surface area contributed by atoms with Crippen molar-refractivity contribution in [3.8, 4) is 5.75 Å². The molecular weight excluding hydrogens is 222 g/mol. The first-order valence-electron chi connectivity index (χ1n) is 7.15. The van der Waals surface area contributed by atoms with Gasteiger partial charge in [-0.3, -0.25) is 0 Å².